The van der Waals surface area contributed by atoms with Crippen molar-refractivity contribution >= 4 is 17.8 Å². The molecule has 1 amide bonds. The number of carbonyl (C=O) groups is 3. The van der Waals surface area contributed by atoms with Gasteiger partial charge in [-0.15, -0.1) is 0 Å². The van der Waals surface area contributed by atoms with E-state index in [1.54, 1.807) is 43.0 Å². The van der Waals surface area contributed by atoms with Crippen molar-refractivity contribution in [2.75, 3.05) is 13.2 Å². The third-order valence-electron chi connectivity index (χ3n) is 5.36. The van der Waals surface area contributed by atoms with Crippen LogP contribution in [-0.2, 0) is 23.8 Å². The Kier molecular flexibility index (Phi) is 4.19. The first kappa shape index (κ1) is 17.0. The second-order valence-corrected chi connectivity index (χ2v) is 6.68. The number of hydrogen-bond donors (Lipinski definition) is 0. The Morgan fingerprint density at radius 2 is 1.42 bits per heavy atom. The fraction of sp³-hybridized carbons (Fsp3) is 0.526. The number of benzene rings is 1. The highest BCUT2D eigenvalue weighted by atomic mass is 16.6. The van der Waals surface area contributed by atoms with E-state index in [1.807, 2.05) is 6.07 Å². The number of carbonyl (C=O) groups excluding carboxylic acids is 3. The predicted molar refractivity (Wildman–Crippen MR) is 89.1 cm³/mol. The minimum absolute atomic E-state index is 0.106. The van der Waals surface area contributed by atoms with Gasteiger partial charge < -0.3 is 19.1 Å². The number of esters is 2. The third kappa shape index (κ3) is 2.41. The lowest BCUT2D eigenvalue weighted by molar-refractivity contribution is -0.160. The zero-order valence-electron chi connectivity index (χ0n) is 14.7. The number of nitrogens with zero attached hydrogens (tertiary/aromatic N) is 1. The van der Waals surface area contributed by atoms with Gasteiger partial charge in [0.2, 0.25) is 0 Å². The van der Waals surface area contributed by atoms with Crippen molar-refractivity contribution in [1.29, 1.82) is 0 Å². The summed E-state index contributed by atoms with van der Waals surface area (Å²) in [7, 11) is 0. The second-order valence-electron chi connectivity index (χ2n) is 6.68. The van der Waals surface area contributed by atoms with Gasteiger partial charge in [0.05, 0.1) is 37.5 Å². The Morgan fingerprint density at radius 1 is 0.923 bits per heavy atom. The van der Waals surface area contributed by atoms with Crippen LogP contribution in [0.25, 0.3) is 0 Å². The first-order chi connectivity index (χ1) is 12.6. The Labute approximate surface area is 151 Å². The van der Waals surface area contributed by atoms with Gasteiger partial charge in [0.1, 0.15) is 11.8 Å². The standard InChI is InChI=1S/C19H21NO6/c1-3-24-18(22)11-12(19(23)25-4-2)16-14-13(15(11)26-16)20(14)17(21)10-8-6-5-7-9-10/h5-9,11-16H,3-4H2,1-2H3/t11-,12-,13-,14+,15+,16-,20?/m1/s1. The first-order valence-electron chi connectivity index (χ1n) is 8.96. The van der Waals surface area contributed by atoms with Gasteiger partial charge in [-0.1, -0.05) is 18.2 Å². The molecule has 3 aliphatic rings. The van der Waals surface area contributed by atoms with E-state index >= 15 is 0 Å². The molecule has 0 aliphatic carbocycles. The van der Waals surface area contributed by atoms with Crippen molar-refractivity contribution in [3.63, 3.8) is 0 Å². The van der Waals surface area contributed by atoms with Crippen LogP contribution in [0.4, 0.5) is 0 Å². The van der Waals surface area contributed by atoms with Crippen LogP contribution in [0.1, 0.15) is 24.2 Å². The highest BCUT2D eigenvalue weighted by Gasteiger charge is 2.76. The Hall–Kier alpha value is -2.41. The van der Waals surface area contributed by atoms with Crippen LogP contribution in [0.3, 0.4) is 0 Å². The van der Waals surface area contributed by atoms with E-state index in [2.05, 4.69) is 0 Å². The molecule has 3 saturated heterocycles. The van der Waals surface area contributed by atoms with Crippen molar-refractivity contribution in [3.05, 3.63) is 35.9 Å². The lowest BCUT2D eigenvalue weighted by Crippen LogP contribution is -2.43. The zero-order chi connectivity index (χ0) is 18.4. The minimum Gasteiger partial charge on any atom is -0.466 e. The van der Waals surface area contributed by atoms with Crippen molar-refractivity contribution in [3.8, 4) is 0 Å². The molecule has 0 saturated carbocycles. The Morgan fingerprint density at radius 3 is 1.88 bits per heavy atom. The van der Waals surface area contributed by atoms with Crippen LogP contribution in [0.2, 0.25) is 0 Å². The molecule has 4 rings (SSSR count). The van der Waals surface area contributed by atoms with Gasteiger partial charge in [0, 0.05) is 5.56 Å². The molecule has 26 heavy (non-hydrogen) atoms. The summed E-state index contributed by atoms with van der Waals surface area (Å²) < 4.78 is 16.2. The largest absolute Gasteiger partial charge is 0.466 e. The molecule has 0 aromatic heterocycles. The van der Waals surface area contributed by atoms with E-state index in [0.29, 0.717) is 5.56 Å². The SMILES string of the molecule is CCOC(=O)[C@H]1[C@H]2O[C@@H]([C@@H]1C(=O)OCC)[C@H]1[C@@H]2N1C(=O)c1ccccc1. The monoisotopic (exact) mass is 359 g/mol. The quantitative estimate of drug-likeness (QED) is 0.577. The highest BCUT2D eigenvalue weighted by Crippen LogP contribution is 2.56. The average molecular weight is 359 g/mol. The smallest absolute Gasteiger partial charge is 0.312 e. The molecular formula is C19H21NO6. The van der Waals surface area contributed by atoms with Gasteiger partial charge >= 0.3 is 11.9 Å². The average Bonchev–Trinajstić information content (AvgIpc) is 3.13. The first-order valence-corrected chi connectivity index (χ1v) is 8.96. The number of likely N-dealkylation sites (tertiary alicyclic amines) is 1. The maximum atomic E-state index is 12.8. The molecule has 7 nitrogen and oxygen atoms in total. The highest BCUT2D eigenvalue weighted by molar-refractivity contribution is 5.97. The van der Waals surface area contributed by atoms with Crippen molar-refractivity contribution in [1.82, 2.24) is 4.90 Å². The summed E-state index contributed by atoms with van der Waals surface area (Å²) in [6, 6.07) is 8.59. The summed E-state index contributed by atoms with van der Waals surface area (Å²) in [6.45, 7) is 3.89. The summed E-state index contributed by atoms with van der Waals surface area (Å²) in [5.74, 6) is -2.49. The second kappa shape index (κ2) is 6.39. The maximum absolute atomic E-state index is 12.8. The molecule has 3 heterocycles. The normalized spacial score (nSPS) is 33.5. The van der Waals surface area contributed by atoms with Gasteiger partial charge in [-0.05, 0) is 26.0 Å². The molecule has 0 radical (unpaired) electrons. The lowest BCUT2D eigenvalue weighted by Gasteiger charge is -2.22. The fourth-order valence-corrected chi connectivity index (χ4v) is 4.36. The van der Waals surface area contributed by atoms with Gasteiger partial charge in [-0.2, -0.15) is 0 Å². The number of morpholine rings is 1. The Bertz CT molecular complexity index is 699. The summed E-state index contributed by atoms with van der Waals surface area (Å²) in [6.07, 6.45) is -1.04. The number of amides is 1. The zero-order valence-corrected chi connectivity index (χ0v) is 14.7. The fourth-order valence-electron chi connectivity index (χ4n) is 4.36. The van der Waals surface area contributed by atoms with Crippen LogP contribution in [0.15, 0.2) is 30.3 Å². The molecule has 138 valence electrons. The van der Waals surface area contributed by atoms with Crippen LogP contribution >= 0.6 is 0 Å². The predicted octanol–water partition coefficient (Wildman–Crippen LogP) is 1.02. The molecule has 2 bridgehead atoms. The van der Waals surface area contributed by atoms with Crippen molar-refractivity contribution < 1.29 is 28.6 Å². The number of fused-ring (bicyclic) bond motifs is 5. The van der Waals surface area contributed by atoms with Crippen LogP contribution in [-0.4, -0.2) is 60.3 Å². The van der Waals surface area contributed by atoms with Crippen LogP contribution in [0.5, 0.6) is 0 Å². The number of hydrogen-bond acceptors (Lipinski definition) is 6. The summed E-state index contributed by atoms with van der Waals surface area (Å²) in [5.41, 5.74) is 0.585. The molecule has 1 aromatic rings. The van der Waals surface area contributed by atoms with E-state index in [1.165, 1.54) is 0 Å². The third-order valence-corrected chi connectivity index (χ3v) is 5.36. The van der Waals surface area contributed by atoms with E-state index in [4.69, 9.17) is 14.2 Å². The molecule has 0 N–H and O–H groups in total. The summed E-state index contributed by atoms with van der Waals surface area (Å²) in [5, 5.41) is 0. The molecule has 0 spiro atoms. The molecule has 6 atom stereocenters. The summed E-state index contributed by atoms with van der Waals surface area (Å²) in [4.78, 5) is 39.4. The van der Waals surface area contributed by atoms with Gasteiger partial charge in [-0.3, -0.25) is 14.4 Å². The number of rotatable bonds is 5. The Balaban J connectivity index is 1.59. The van der Waals surface area contributed by atoms with Crippen molar-refractivity contribution in [2.45, 2.75) is 38.1 Å². The van der Waals surface area contributed by atoms with E-state index in [0.717, 1.165) is 0 Å². The topological polar surface area (TPSA) is 81.9 Å². The lowest BCUT2D eigenvalue weighted by atomic mass is 9.79. The molecule has 0 unspecified atom stereocenters. The van der Waals surface area contributed by atoms with Gasteiger partial charge in [0.15, 0.2) is 0 Å². The van der Waals surface area contributed by atoms with Gasteiger partial charge in [0.25, 0.3) is 5.91 Å². The van der Waals surface area contributed by atoms with Crippen LogP contribution < -0.4 is 0 Å². The van der Waals surface area contributed by atoms with E-state index in [-0.39, 0.29) is 31.2 Å². The minimum atomic E-state index is -0.728. The van der Waals surface area contributed by atoms with Gasteiger partial charge in [-0.25, -0.2) is 0 Å². The molecule has 7 heteroatoms. The van der Waals surface area contributed by atoms with Crippen molar-refractivity contribution in [2.24, 2.45) is 11.8 Å². The molecule has 1 aromatic carbocycles. The molecule has 3 aliphatic heterocycles. The molecule has 3 fully saturated rings. The summed E-state index contributed by atoms with van der Waals surface area (Å²) >= 11 is 0. The number of ether oxygens (including phenoxy) is 3. The maximum Gasteiger partial charge on any atom is 0.312 e. The van der Waals surface area contributed by atoms with E-state index in [9.17, 15) is 14.4 Å². The van der Waals surface area contributed by atoms with Crippen LogP contribution in [0, 0.1) is 11.8 Å². The molecular weight excluding hydrogens is 338 g/mol. The van der Waals surface area contributed by atoms with E-state index < -0.39 is 36.0 Å².